The van der Waals surface area contributed by atoms with Gasteiger partial charge in [0.2, 0.25) is 5.92 Å². The van der Waals surface area contributed by atoms with Crippen molar-refractivity contribution < 1.29 is 28.2 Å². The first kappa shape index (κ1) is 23.7. The Bertz CT molecular complexity index is 1070. The van der Waals surface area contributed by atoms with Crippen molar-refractivity contribution in [3.8, 4) is 22.8 Å². The fourth-order valence-corrected chi connectivity index (χ4v) is 3.35. The lowest BCUT2D eigenvalue weighted by Gasteiger charge is -2.14. The van der Waals surface area contributed by atoms with Crippen molar-refractivity contribution >= 4 is 11.4 Å². The number of aliphatic hydroxyl groups excluding tert-OH is 1. The van der Waals surface area contributed by atoms with E-state index in [1.807, 2.05) is 36.6 Å². The van der Waals surface area contributed by atoms with Gasteiger partial charge >= 0.3 is 0 Å². The van der Waals surface area contributed by atoms with Crippen molar-refractivity contribution in [1.82, 2.24) is 9.38 Å². The molecule has 1 aromatic carbocycles. The average molecular weight is 446 g/mol. The Morgan fingerprint density at radius 1 is 1.22 bits per heavy atom. The first-order valence-electron chi connectivity index (χ1n) is 10.6. The predicted octanol–water partition coefficient (Wildman–Crippen LogP) is 4.71. The highest BCUT2D eigenvalue weighted by atomic mass is 19.3. The molecule has 0 radical (unpaired) electrons. The van der Waals surface area contributed by atoms with E-state index in [0.29, 0.717) is 22.7 Å². The van der Waals surface area contributed by atoms with Crippen LogP contribution in [0.4, 0.5) is 8.78 Å². The first-order valence-corrected chi connectivity index (χ1v) is 10.6. The molecule has 0 aliphatic heterocycles. The molecule has 0 aliphatic carbocycles. The van der Waals surface area contributed by atoms with Crippen LogP contribution in [-0.2, 0) is 11.2 Å². The van der Waals surface area contributed by atoms with E-state index in [2.05, 4.69) is 4.98 Å². The molecule has 0 saturated carbocycles. The van der Waals surface area contributed by atoms with Crippen molar-refractivity contribution in [3.63, 3.8) is 0 Å². The van der Waals surface area contributed by atoms with E-state index in [0.717, 1.165) is 18.2 Å². The van der Waals surface area contributed by atoms with E-state index in [4.69, 9.17) is 14.6 Å². The molecule has 2 heterocycles. The Morgan fingerprint density at radius 3 is 2.69 bits per heavy atom. The summed E-state index contributed by atoms with van der Waals surface area (Å²) in [7, 11) is 0. The zero-order valence-corrected chi connectivity index (χ0v) is 18.5. The number of ether oxygens (including phenoxy) is 2. The van der Waals surface area contributed by atoms with Crippen molar-refractivity contribution in [2.24, 2.45) is 0 Å². The van der Waals surface area contributed by atoms with Gasteiger partial charge in [-0.25, -0.2) is 13.8 Å². The van der Waals surface area contributed by atoms with Gasteiger partial charge in [-0.1, -0.05) is 0 Å². The highest BCUT2D eigenvalue weighted by Gasteiger charge is 2.22. The number of rotatable bonds is 11. The minimum atomic E-state index is -2.86. The summed E-state index contributed by atoms with van der Waals surface area (Å²) in [5.74, 6) is -1.92. The van der Waals surface area contributed by atoms with Crippen molar-refractivity contribution in [3.05, 3.63) is 48.3 Å². The number of benzene rings is 1. The SMILES string of the molecule is CC(C)Oc1cc(CC(=O)CCC(C)(F)F)cc(-c2cnc3cc(OCCO)ccn23)c1. The molecule has 0 amide bonds. The lowest BCUT2D eigenvalue weighted by molar-refractivity contribution is -0.120. The summed E-state index contributed by atoms with van der Waals surface area (Å²) < 4.78 is 39.4. The number of Topliss-reactive ketones (excluding diaryl/α,β-unsaturated/α-hetero) is 1. The van der Waals surface area contributed by atoms with E-state index in [1.165, 1.54) is 0 Å². The number of imidazole rings is 1. The van der Waals surface area contributed by atoms with Gasteiger partial charge in [0.05, 0.1) is 24.6 Å². The number of carbonyl (C=O) groups excluding carboxylic acids is 1. The second kappa shape index (κ2) is 10.1. The van der Waals surface area contributed by atoms with Gasteiger partial charge in [-0.05, 0) is 50.6 Å². The van der Waals surface area contributed by atoms with E-state index < -0.39 is 12.3 Å². The second-order valence-electron chi connectivity index (χ2n) is 8.12. The van der Waals surface area contributed by atoms with Crippen LogP contribution in [0.25, 0.3) is 16.9 Å². The number of halogens is 2. The lowest BCUT2D eigenvalue weighted by Crippen LogP contribution is -2.13. The number of nitrogens with zero attached hydrogens (tertiary/aromatic N) is 2. The normalized spacial score (nSPS) is 11.8. The summed E-state index contributed by atoms with van der Waals surface area (Å²) in [6.45, 7) is 4.75. The van der Waals surface area contributed by atoms with Gasteiger partial charge in [-0.15, -0.1) is 0 Å². The van der Waals surface area contributed by atoms with Crippen LogP contribution in [0.15, 0.2) is 42.7 Å². The standard InChI is InChI=1S/C24H28F2N2O4/c1-16(2)32-21-12-17(11-19(30)4-6-24(3,25)26)10-18(13-21)22-15-27-23-14-20(31-9-8-29)5-7-28(22)23/h5,7,10,12-16,29H,4,6,8-9,11H2,1-3H3. The molecular weight excluding hydrogens is 418 g/mol. The van der Waals surface area contributed by atoms with Crippen molar-refractivity contribution in [2.75, 3.05) is 13.2 Å². The van der Waals surface area contributed by atoms with Gasteiger partial charge in [-0.3, -0.25) is 9.20 Å². The molecule has 0 unspecified atom stereocenters. The predicted molar refractivity (Wildman–Crippen MR) is 118 cm³/mol. The van der Waals surface area contributed by atoms with Crippen LogP contribution in [0.2, 0.25) is 0 Å². The highest BCUT2D eigenvalue weighted by Crippen LogP contribution is 2.29. The molecular formula is C24H28F2N2O4. The third-order valence-electron chi connectivity index (χ3n) is 4.72. The summed E-state index contributed by atoms with van der Waals surface area (Å²) >= 11 is 0. The van der Waals surface area contributed by atoms with Crippen LogP contribution in [0.5, 0.6) is 11.5 Å². The third-order valence-corrected chi connectivity index (χ3v) is 4.72. The molecule has 0 saturated heterocycles. The Hall–Kier alpha value is -3.00. The summed E-state index contributed by atoms with van der Waals surface area (Å²) in [6.07, 6.45) is 2.86. The van der Waals surface area contributed by atoms with E-state index in [1.54, 1.807) is 24.4 Å². The van der Waals surface area contributed by atoms with Gasteiger partial charge < -0.3 is 14.6 Å². The molecule has 0 spiro atoms. The van der Waals surface area contributed by atoms with E-state index in [9.17, 15) is 13.6 Å². The van der Waals surface area contributed by atoms with Crippen LogP contribution in [0.1, 0.15) is 39.2 Å². The Labute approximate surface area is 185 Å². The lowest BCUT2D eigenvalue weighted by atomic mass is 10.0. The monoisotopic (exact) mass is 446 g/mol. The van der Waals surface area contributed by atoms with E-state index >= 15 is 0 Å². The fraction of sp³-hybridized carbons (Fsp3) is 0.417. The summed E-state index contributed by atoms with van der Waals surface area (Å²) in [5.41, 5.74) is 2.94. The summed E-state index contributed by atoms with van der Waals surface area (Å²) in [6, 6.07) is 9.04. The molecule has 0 bridgehead atoms. The molecule has 3 rings (SSSR count). The molecule has 172 valence electrons. The average Bonchev–Trinajstić information content (AvgIpc) is 3.13. The fourth-order valence-electron chi connectivity index (χ4n) is 3.35. The first-order chi connectivity index (χ1) is 15.1. The molecule has 8 heteroatoms. The maximum absolute atomic E-state index is 13.1. The minimum Gasteiger partial charge on any atom is -0.491 e. The molecule has 1 N–H and O–H groups in total. The molecule has 0 aliphatic rings. The van der Waals surface area contributed by atoms with Gasteiger partial charge in [0.15, 0.2) is 0 Å². The Morgan fingerprint density at radius 2 is 2.00 bits per heavy atom. The molecule has 0 fully saturated rings. The zero-order chi connectivity index (χ0) is 23.3. The van der Waals surface area contributed by atoms with Crippen molar-refractivity contribution in [2.45, 2.75) is 52.1 Å². The van der Waals surface area contributed by atoms with E-state index in [-0.39, 0.29) is 37.9 Å². The molecule has 6 nitrogen and oxygen atoms in total. The Kier molecular flexibility index (Phi) is 7.45. The number of ketones is 1. The van der Waals surface area contributed by atoms with Crippen LogP contribution in [0.3, 0.4) is 0 Å². The topological polar surface area (TPSA) is 73.1 Å². The number of fused-ring (bicyclic) bond motifs is 1. The highest BCUT2D eigenvalue weighted by molar-refractivity contribution is 5.81. The number of pyridine rings is 1. The number of alkyl halides is 2. The largest absolute Gasteiger partial charge is 0.491 e. The number of aliphatic hydroxyl groups is 1. The van der Waals surface area contributed by atoms with Crippen LogP contribution in [-0.4, -0.2) is 45.5 Å². The summed E-state index contributed by atoms with van der Waals surface area (Å²) in [5, 5.41) is 8.92. The van der Waals surface area contributed by atoms with Crippen LogP contribution >= 0.6 is 0 Å². The number of hydrogen-bond donors (Lipinski definition) is 1. The van der Waals surface area contributed by atoms with Gasteiger partial charge in [0.25, 0.3) is 0 Å². The molecule has 32 heavy (non-hydrogen) atoms. The molecule has 2 aromatic heterocycles. The third kappa shape index (κ3) is 6.50. The van der Waals surface area contributed by atoms with Crippen LogP contribution in [0, 0.1) is 0 Å². The number of carbonyl (C=O) groups is 1. The summed E-state index contributed by atoms with van der Waals surface area (Å²) in [4.78, 5) is 16.7. The van der Waals surface area contributed by atoms with Crippen molar-refractivity contribution in [1.29, 1.82) is 0 Å². The van der Waals surface area contributed by atoms with Crippen LogP contribution < -0.4 is 9.47 Å². The second-order valence-corrected chi connectivity index (χ2v) is 8.12. The maximum Gasteiger partial charge on any atom is 0.245 e. The van der Waals surface area contributed by atoms with Gasteiger partial charge in [-0.2, -0.15) is 0 Å². The number of aromatic nitrogens is 2. The zero-order valence-electron chi connectivity index (χ0n) is 18.5. The molecule has 0 atom stereocenters. The van der Waals surface area contributed by atoms with Gasteiger partial charge in [0, 0.05) is 37.1 Å². The number of hydrogen-bond acceptors (Lipinski definition) is 5. The molecule has 3 aromatic rings. The maximum atomic E-state index is 13.1. The Balaban J connectivity index is 1.91. The smallest absolute Gasteiger partial charge is 0.245 e. The quantitative estimate of drug-likeness (QED) is 0.462. The minimum absolute atomic E-state index is 0.0499. The van der Waals surface area contributed by atoms with Gasteiger partial charge in [0.1, 0.15) is 29.5 Å².